The molecule has 0 fully saturated rings. The first-order valence-corrected chi connectivity index (χ1v) is 10.1. The van der Waals surface area contributed by atoms with E-state index in [2.05, 4.69) is 20.5 Å². The number of nitrogens with zero attached hydrogens (tertiary/aromatic N) is 4. The quantitative estimate of drug-likeness (QED) is 0.451. The Balaban J connectivity index is 1.51. The molecule has 0 aliphatic rings. The van der Waals surface area contributed by atoms with Crippen molar-refractivity contribution < 1.29 is 9.21 Å². The van der Waals surface area contributed by atoms with Crippen LogP contribution in [0.3, 0.4) is 0 Å². The second-order valence-corrected chi connectivity index (χ2v) is 7.40. The predicted molar refractivity (Wildman–Crippen MR) is 111 cm³/mol. The molecule has 1 aromatic carbocycles. The molecular formula is C20H16ClN5O2S. The summed E-state index contributed by atoms with van der Waals surface area (Å²) in [6.45, 7) is 0.425. The summed E-state index contributed by atoms with van der Waals surface area (Å²) in [4.78, 5) is 16.3. The molecule has 0 aliphatic heterocycles. The molecule has 3 heterocycles. The molecule has 0 radical (unpaired) electrons. The molecule has 1 N–H and O–H groups in total. The van der Waals surface area contributed by atoms with E-state index in [1.54, 1.807) is 36.9 Å². The Bertz CT molecular complexity index is 1080. The van der Waals surface area contributed by atoms with E-state index in [4.69, 9.17) is 16.0 Å². The van der Waals surface area contributed by atoms with E-state index < -0.39 is 0 Å². The molecule has 146 valence electrons. The van der Waals surface area contributed by atoms with Crippen LogP contribution in [0.1, 0.15) is 5.56 Å². The highest BCUT2D eigenvalue weighted by molar-refractivity contribution is 7.99. The average molecular weight is 426 g/mol. The number of carbonyl (C=O) groups excluding carboxylic acids is 1. The molecular weight excluding hydrogens is 410 g/mol. The molecule has 0 aliphatic carbocycles. The first kappa shape index (κ1) is 19.2. The number of hydrogen-bond donors (Lipinski definition) is 1. The third-order valence-electron chi connectivity index (χ3n) is 4.00. The van der Waals surface area contributed by atoms with Gasteiger partial charge in [-0.2, -0.15) is 0 Å². The largest absolute Gasteiger partial charge is 0.461 e. The summed E-state index contributed by atoms with van der Waals surface area (Å²) in [5, 5.41) is 12.6. The average Bonchev–Trinajstić information content (AvgIpc) is 3.42. The molecule has 29 heavy (non-hydrogen) atoms. The van der Waals surface area contributed by atoms with Crippen LogP contribution in [0.25, 0.3) is 17.3 Å². The van der Waals surface area contributed by atoms with E-state index in [9.17, 15) is 4.79 Å². The van der Waals surface area contributed by atoms with E-state index in [1.807, 2.05) is 34.9 Å². The molecule has 0 spiro atoms. The van der Waals surface area contributed by atoms with E-state index in [-0.39, 0.29) is 11.7 Å². The number of benzene rings is 1. The maximum Gasteiger partial charge on any atom is 0.230 e. The van der Waals surface area contributed by atoms with E-state index in [1.165, 1.54) is 11.8 Å². The van der Waals surface area contributed by atoms with Crippen LogP contribution >= 0.6 is 23.4 Å². The molecule has 9 heteroatoms. The SMILES string of the molecule is O=C(CSc1nnc(-c2ccco2)n1-c1ccc(Cl)cc1)NCc1cccnc1. The van der Waals surface area contributed by atoms with Crippen molar-refractivity contribution in [2.24, 2.45) is 0 Å². The first-order chi connectivity index (χ1) is 14.2. The number of nitrogens with one attached hydrogen (secondary N) is 1. The Morgan fingerprint density at radius 2 is 2.00 bits per heavy atom. The summed E-state index contributed by atoms with van der Waals surface area (Å²) in [5.41, 5.74) is 1.76. The molecule has 4 aromatic rings. The number of furan rings is 1. The van der Waals surface area contributed by atoms with Crippen LogP contribution in [-0.2, 0) is 11.3 Å². The lowest BCUT2D eigenvalue weighted by molar-refractivity contribution is -0.118. The summed E-state index contributed by atoms with van der Waals surface area (Å²) in [6.07, 6.45) is 5.00. The molecule has 1 amide bonds. The van der Waals surface area contributed by atoms with Gasteiger partial charge in [0.05, 0.1) is 12.0 Å². The molecule has 3 aromatic heterocycles. The van der Waals surface area contributed by atoms with E-state index in [0.29, 0.717) is 28.3 Å². The van der Waals surface area contributed by atoms with Crippen molar-refractivity contribution in [3.05, 3.63) is 77.8 Å². The van der Waals surface area contributed by atoms with Gasteiger partial charge in [0, 0.05) is 29.6 Å². The first-order valence-electron chi connectivity index (χ1n) is 8.74. The second-order valence-electron chi connectivity index (χ2n) is 6.02. The summed E-state index contributed by atoms with van der Waals surface area (Å²) in [5.74, 6) is 1.23. The summed E-state index contributed by atoms with van der Waals surface area (Å²) >= 11 is 7.31. The fourth-order valence-electron chi connectivity index (χ4n) is 2.64. The van der Waals surface area contributed by atoms with Gasteiger partial charge in [-0.1, -0.05) is 29.4 Å². The van der Waals surface area contributed by atoms with Gasteiger partial charge < -0.3 is 9.73 Å². The van der Waals surface area contributed by atoms with Crippen molar-refractivity contribution in [3.8, 4) is 17.3 Å². The zero-order chi connectivity index (χ0) is 20.1. The number of aromatic nitrogens is 4. The molecule has 0 saturated heterocycles. The minimum atomic E-state index is -0.107. The van der Waals surface area contributed by atoms with Gasteiger partial charge in [-0.3, -0.25) is 14.3 Å². The van der Waals surface area contributed by atoms with Gasteiger partial charge in [0.1, 0.15) is 0 Å². The predicted octanol–water partition coefficient (Wildman–Crippen LogP) is 3.98. The highest BCUT2D eigenvalue weighted by Gasteiger charge is 2.19. The third-order valence-corrected chi connectivity index (χ3v) is 5.19. The minimum absolute atomic E-state index is 0.107. The second kappa shape index (κ2) is 8.93. The Hall–Kier alpha value is -3.10. The number of rotatable bonds is 7. The molecule has 0 saturated carbocycles. The number of amides is 1. The fraction of sp³-hybridized carbons (Fsp3) is 0.100. The van der Waals surface area contributed by atoms with Crippen LogP contribution in [0.5, 0.6) is 0 Å². The van der Waals surface area contributed by atoms with Crippen molar-refractivity contribution in [1.29, 1.82) is 0 Å². The van der Waals surface area contributed by atoms with Crippen LogP contribution in [-0.4, -0.2) is 31.4 Å². The van der Waals surface area contributed by atoms with Crippen molar-refractivity contribution in [2.45, 2.75) is 11.7 Å². The van der Waals surface area contributed by atoms with Crippen molar-refractivity contribution in [1.82, 2.24) is 25.1 Å². The molecule has 4 rings (SSSR count). The van der Waals surface area contributed by atoms with Crippen LogP contribution < -0.4 is 5.32 Å². The van der Waals surface area contributed by atoms with Gasteiger partial charge in [0.15, 0.2) is 10.9 Å². The monoisotopic (exact) mass is 425 g/mol. The molecule has 0 unspecified atom stereocenters. The smallest absolute Gasteiger partial charge is 0.230 e. The maximum atomic E-state index is 12.3. The minimum Gasteiger partial charge on any atom is -0.461 e. The zero-order valence-corrected chi connectivity index (χ0v) is 16.7. The van der Waals surface area contributed by atoms with Gasteiger partial charge in [-0.15, -0.1) is 10.2 Å². The molecule has 0 atom stereocenters. The van der Waals surface area contributed by atoms with E-state index >= 15 is 0 Å². The Morgan fingerprint density at radius 1 is 1.14 bits per heavy atom. The third kappa shape index (κ3) is 4.67. The van der Waals surface area contributed by atoms with Crippen LogP contribution in [0.4, 0.5) is 0 Å². The summed E-state index contributed by atoms with van der Waals surface area (Å²) in [7, 11) is 0. The van der Waals surface area contributed by atoms with Crippen LogP contribution in [0, 0.1) is 0 Å². The lowest BCUT2D eigenvalue weighted by atomic mass is 10.3. The fourth-order valence-corrected chi connectivity index (χ4v) is 3.54. The molecule has 7 nitrogen and oxygen atoms in total. The number of hydrogen-bond acceptors (Lipinski definition) is 6. The van der Waals surface area contributed by atoms with Crippen molar-refractivity contribution >= 4 is 29.3 Å². The van der Waals surface area contributed by atoms with Crippen molar-refractivity contribution in [3.63, 3.8) is 0 Å². The molecule has 0 bridgehead atoms. The standard InChI is InChI=1S/C20H16ClN5O2S/c21-15-5-7-16(8-6-15)26-19(17-4-2-10-28-17)24-25-20(26)29-13-18(27)23-12-14-3-1-9-22-11-14/h1-11H,12-13H2,(H,23,27). The lowest BCUT2D eigenvalue weighted by Gasteiger charge is -2.09. The number of halogens is 1. The van der Waals surface area contributed by atoms with Gasteiger partial charge in [0.25, 0.3) is 0 Å². The van der Waals surface area contributed by atoms with Gasteiger partial charge >= 0.3 is 0 Å². The highest BCUT2D eigenvalue weighted by Crippen LogP contribution is 2.28. The van der Waals surface area contributed by atoms with Crippen LogP contribution in [0.15, 0.2) is 76.8 Å². The topological polar surface area (TPSA) is 85.8 Å². The van der Waals surface area contributed by atoms with Gasteiger partial charge in [-0.05, 0) is 48.0 Å². The van der Waals surface area contributed by atoms with Crippen LogP contribution in [0.2, 0.25) is 5.02 Å². The highest BCUT2D eigenvalue weighted by atomic mass is 35.5. The zero-order valence-electron chi connectivity index (χ0n) is 15.2. The Morgan fingerprint density at radius 3 is 2.72 bits per heavy atom. The number of thioether (sulfide) groups is 1. The Kier molecular flexibility index (Phi) is 5.92. The van der Waals surface area contributed by atoms with Gasteiger partial charge in [0.2, 0.25) is 11.7 Å². The van der Waals surface area contributed by atoms with Crippen molar-refractivity contribution in [2.75, 3.05) is 5.75 Å². The van der Waals surface area contributed by atoms with E-state index in [0.717, 1.165) is 11.3 Å². The lowest BCUT2D eigenvalue weighted by Crippen LogP contribution is -2.24. The Labute approximate surface area is 176 Å². The maximum absolute atomic E-state index is 12.3. The summed E-state index contributed by atoms with van der Waals surface area (Å²) in [6, 6.07) is 14.7. The number of pyridine rings is 1. The number of carbonyl (C=O) groups is 1. The summed E-state index contributed by atoms with van der Waals surface area (Å²) < 4.78 is 7.33. The normalized spacial score (nSPS) is 10.8. The van der Waals surface area contributed by atoms with Gasteiger partial charge in [-0.25, -0.2) is 0 Å².